The van der Waals surface area contributed by atoms with Crippen LogP contribution in [0.3, 0.4) is 0 Å². The van der Waals surface area contributed by atoms with Crippen LogP contribution in [0.5, 0.6) is 11.5 Å². The molecule has 4 rings (SSSR count). The van der Waals surface area contributed by atoms with E-state index in [0.717, 1.165) is 48.0 Å². The van der Waals surface area contributed by atoms with E-state index < -0.39 is 0 Å². The highest BCUT2D eigenvalue weighted by molar-refractivity contribution is 6.07. The highest BCUT2D eigenvalue weighted by Crippen LogP contribution is 2.38. The maximum Gasteiger partial charge on any atom is 0.256 e. The molecule has 146 valence electrons. The quantitative estimate of drug-likeness (QED) is 0.649. The SMILES string of the molecule is CCn1cc(C(=O)N2CCCC2c2ccc(OC)c(OC)c2)c2ccccc21. The van der Waals surface area contributed by atoms with Crippen LogP contribution in [0.15, 0.2) is 48.7 Å². The molecule has 1 atom stereocenters. The number of carbonyl (C=O) groups excluding carboxylic acids is 1. The van der Waals surface area contributed by atoms with Crippen molar-refractivity contribution in [3.8, 4) is 11.5 Å². The summed E-state index contributed by atoms with van der Waals surface area (Å²) in [6.45, 7) is 3.71. The van der Waals surface area contributed by atoms with Gasteiger partial charge in [-0.05, 0) is 43.5 Å². The predicted octanol–water partition coefficient (Wildman–Crippen LogP) is 4.66. The lowest BCUT2D eigenvalue weighted by Crippen LogP contribution is -2.30. The molecule has 0 aliphatic carbocycles. The molecule has 0 spiro atoms. The molecule has 1 saturated heterocycles. The van der Waals surface area contributed by atoms with Crippen molar-refractivity contribution in [3.63, 3.8) is 0 Å². The number of aryl methyl sites for hydroxylation is 1. The fourth-order valence-electron chi connectivity index (χ4n) is 4.25. The topological polar surface area (TPSA) is 43.7 Å². The van der Waals surface area contributed by atoms with Crippen LogP contribution >= 0.6 is 0 Å². The number of carbonyl (C=O) groups is 1. The molecule has 1 unspecified atom stereocenters. The van der Waals surface area contributed by atoms with Crippen molar-refractivity contribution < 1.29 is 14.3 Å². The largest absolute Gasteiger partial charge is 0.493 e. The van der Waals surface area contributed by atoms with Gasteiger partial charge in [-0.25, -0.2) is 0 Å². The van der Waals surface area contributed by atoms with Crippen LogP contribution < -0.4 is 9.47 Å². The van der Waals surface area contributed by atoms with Gasteiger partial charge in [0.15, 0.2) is 11.5 Å². The van der Waals surface area contributed by atoms with Gasteiger partial charge in [-0.2, -0.15) is 0 Å². The maximum absolute atomic E-state index is 13.5. The first-order valence-electron chi connectivity index (χ1n) is 9.78. The third-order valence-corrected chi connectivity index (χ3v) is 5.67. The van der Waals surface area contributed by atoms with Gasteiger partial charge >= 0.3 is 0 Å². The van der Waals surface area contributed by atoms with E-state index in [9.17, 15) is 4.79 Å². The second-order valence-electron chi connectivity index (χ2n) is 7.12. The summed E-state index contributed by atoms with van der Waals surface area (Å²) in [4.78, 5) is 15.5. The van der Waals surface area contributed by atoms with Crippen LogP contribution in [0.4, 0.5) is 0 Å². The Morgan fingerprint density at radius 2 is 1.89 bits per heavy atom. The number of amides is 1. The summed E-state index contributed by atoms with van der Waals surface area (Å²) >= 11 is 0. The summed E-state index contributed by atoms with van der Waals surface area (Å²) in [6.07, 6.45) is 3.95. The summed E-state index contributed by atoms with van der Waals surface area (Å²) in [5.41, 5.74) is 2.97. The Bertz CT molecular complexity index is 1010. The molecule has 1 fully saturated rings. The minimum absolute atomic E-state index is 0.0519. The first-order chi connectivity index (χ1) is 13.7. The van der Waals surface area contributed by atoms with Crippen molar-refractivity contribution >= 4 is 16.8 Å². The van der Waals surface area contributed by atoms with Gasteiger partial charge in [-0.15, -0.1) is 0 Å². The molecular weight excluding hydrogens is 352 g/mol. The van der Waals surface area contributed by atoms with Crippen molar-refractivity contribution in [2.24, 2.45) is 0 Å². The third-order valence-electron chi connectivity index (χ3n) is 5.67. The highest BCUT2D eigenvalue weighted by Gasteiger charge is 2.32. The lowest BCUT2D eigenvalue weighted by molar-refractivity contribution is 0.0737. The smallest absolute Gasteiger partial charge is 0.256 e. The molecule has 0 saturated carbocycles. The lowest BCUT2D eigenvalue weighted by Gasteiger charge is -2.25. The molecule has 3 aromatic rings. The number of methoxy groups -OCH3 is 2. The van der Waals surface area contributed by atoms with Gasteiger partial charge in [0, 0.05) is 30.2 Å². The molecule has 1 amide bonds. The van der Waals surface area contributed by atoms with Crippen LogP contribution in [-0.4, -0.2) is 36.1 Å². The van der Waals surface area contributed by atoms with Crippen LogP contribution in [0.2, 0.25) is 0 Å². The van der Waals surface area contributed by atoms with Crippen molar-refractivity contribution in [2.75, 3.05) is 20.8 Å². The molecule has 0 radical (unpaired) electrons. The number of benzene rings is 2. The van der Waals surface area contributed by atoms with Gasteiger partial charge in [-0.1, -0.05) is 24.3 Å². The van der Waals surface area contributed by atoms with Gasteiger partial charge in [0.1, 0.15) is 0 Å². The lowest BCUT2D eigenvalue weighted by atomic mass is 10.0. The minimum atomic E-state index is 0.0519. The molecule has 1 aliphatic heterocycles. The molecule has 5 heteroatoms. The van der Waals surface area contributed by atoms with E-state index in [2.05, 4.69) is 17.6 Å². The Balaban J connectivity index is 1.70. The number of aromatic nitrogens is 1. The molecule has 5 nitrogen and oxygen atoms in total. The predicted molar refractivity (Wildman–Crippen MR) is 110 cm³/mol. The average molecular weight is 378 g/mol. The number of ether oxygens (including phenoxy) is 2. The van der Waals surface area contributed by atoms with Crippen LogP contribution in [0.25, 0.3) is 10.9 Å². The fourth-order valence-corrected chi connectivity index (χ4v) is 4.25. The van der Waals surface area contributed by atoms with Crippen molar-refractivity contribution in [1.82, 2.24) is 9.47 Å². The second kappa shape index (κ2) is 7.58. The second-order valence-corrected chi connectivity index (χ2v) is 7.12. The Hall–Kier alpha value is -2.95. The molecule has 2 aromatic carbocycles. The number of para-hydroxylation sites is 1. The van der Waals surface area contributed by atoms with E-state index in [0.29, 0.717) is 11.5 Å². The Kier molecular flexibility index (Phi) is 4.99. The van der Waals surface area contributed by atoms with Crippen LogP contribution in [0.1, 0.15) is 41.7 Å². The van der Waals surface area contributed by atoms with Gasteiger partial charge in [-0.3, -0.25) is 4.79 Å². The van der Waals surface area contributed by atoms with Crippen LogP contribution in [-0.2, 0) is 6.54 Å². The molecule has 0 bridgehead atoms. The van der Waals surface area contributed by atoms with E-state index in [-0.39, 0.29) is 11.9 Å². The van der Waals surface area contributed by atoms with E-state index in [1.165, 1.54) is 0 Å². The number of hydrogen-bond donors (Lipinski definition) is 0. The van der Waals surface area contributed by atoms with Crippen molar-refractivity contribution in [2.45, 2.75) is 32.4 Å². The Morgan fingerprint density at radius 3 is 2.64 bits per heavy atom. The number of likely N-dealkylation sites (tertiary alicyclic amines) is 1. The zero-order valence-corrected chi connectivity index (χ0v) is 16.6. The van der Waals surface area contributed by atoms with Gasteiger partial charge in [0.2, 0.25) is 0 Å². The van der Waals surface area contributed by atoms with Gasteiger partial charge < -0.3 is 18.9 Å². The number of rotatable bonds is 5. The average Bonchev–Trinajstić information content (AvgIpc) is 3.37. The summed E-state index contributed by atoms with van der Waals surface area (Å²) in [6, 6.07) is 14.1. The summed E-state index contributed by atoms with van der Waals surface area (Å²) in [5, 5.41) is 1.02. The number of hydrogen-bond acceptors (Lipinski definition) is 3. The molecule has 2 heterocycles. The fraction of sp³-hybridized carbons (Fsp3) is 0.348. The zero-order valence-electron chi connectivity index (χ0n) is 16.6. The van der Waals surface area contributed by atoms with E-state index >= 15 is 0 Å². The van der Waals surface area contributed by atoms with Crippen molar-refractivity contribution in [3.05, 3.63) is 59.8 Å². The standard InChI is InChI=1S/C23H26N2O3/c1-4-24-15-18(17-8-5-6-9-20(17)24)23(26)25-13-7-10-19(25)16-11-12-21(27-2)22(14-16)28-3/h5-6,8-9,11-12,14-15,19H,4,7,10,13H2,1-3H3. The first-order valence-corrected chi connectivity index (χ1v) is 9.78. The number of fused-ring (bicyclic) bond motifs is 1. The minimum Gasteiger partial charge on any atom is -0.493 e. The normalized spacial score (nSPS) is 16.5. The summed E-state index contributed by atoms with van der Waals surface area (Å²) < 4.78 is 13.0. The molecular formula is C23H26N2O3. The third kappa shape index (κ3) is 3.01. The van der Waals surface area contributed by atoms with Crippen molar-refractivity contribution in [1.29, 1.82) is 0 Å². The molecule has 28 heavy (non-hydrogen) atoms. The first kappa shape index (κ1) is 18.4. The monoisotopic (exact) mass is 378 g/mol. The zero-order chi connectivity index (χ0) is 19.7. The van der Waals surface area contributed by atoms with E-state index in [4.69, 9.17) is 9.47 Å². The Morgan fingerprint density at radius 1 is 1.11 bits per heavy atom. The number of nitrogens with zero attached hydrogens (tertiary/aromatic N) is 2. The van der Waals surface area contributed by atoms with E-state index in [1.807, 2.05) is 47.5 Å². The molecule has 1 aromatic heterocycles. The summed E-state index contributed by atoms with van der Waals surface area (Å²) in [7, 11) is 3.27. The highest BCUT2D eigenvalue weighted by atomic mass is 16.5. The van der Waals surface area contributed by atoms with Gasteiger partial charge in [0.25, 0.3) is 5.91 Å². The molecule has 0 N–H and O–H groups in total. The molecule has 1 aliphatic rings. The van der Waals surface area contributed by atoms with Gasteiger partial charge in [0.05, 0.1) is 25.8 Å². The van der Waals surface area contributed by atoms with E-state index in [1.54, 1.807) is 14.2 Å². The maximum atomic E-state index is 13.5. The summed E-state index contributed by atoms with van der Waals surface area (Å²) in [5.74, 6) is 1.50. The van der Waals surface area contributed by atoms with Crippen LogP contribution in [0, 0.1) is 0 Å². The Labute approximate surface area is 165 Å².